The Balaban J connectivity index is 1.78. The zero-order valence-electron chi connectivity index (χ0n) is 15.8. The number of rotatable bonds is 10. The average molecular weight is 365 g/mol. The lowest BCUT2D eigenvalue weighted by Crippen LogP contribution is -2.26. The number of benzene rings is 2. The van der Waals surface area contributed by atoms with E-state index >= 15 is 0 Å². The Hall–Kier alpha value is -2.95. The number of nitrogens with zero attached hydrogens (tertiary/aromatic N) is 1. The molecule has 5 heteroatoms. The highest BCUT2D eigenvalue weighted by Gasteiger charge is 2.08. The highest BCUT2D eigenvalue weighted by molar-refractivity contribution is 6.01. The van der Waals surface area contributed by atoms with Gasteiger partial charge in [-0.2, -0.15) is 5.10 Å². The monoisotopic (exact) mass is 365 g/mol. The van der Waals surface area contributed by atoms with E-state index in [0.717, 1.165) is 36.1 Å². The zero-order valence-corrected chi connectivity index (χ0v) is 15.8. The van der Waals surface area contributed by atoms with Crippen molar-refractivity contribution < 1.29 is 9.59 Å². The van der Waals surface area contributed by atoms with Crippen molar-refractivity contribution in [2.75, 3.05) is 0 Å². The summed E-state index contributed by atoms with van der Waals surface area (Å²) in [5.74, 6) is -0.401. The van der Waals surface area contributed by atoms with E-state index in [1.54, 1.807) is 0 Å². The first-order chi connectivity index (χ1) is 13.2. The number of carbonyl (C=O) groups is 2. The van der Waals surface area contributed by atoms with Crippen molar-refractivity contribution in [3.8, 4) is 0 Å². The van der Waals surface area contributed by atoms with Crippen LogP contribution in [0.3, 0.4) is 0 Å². The molecule has 0 bridgehead atoms. The first-order valence-corrected chi connectivity index (χ1v) is 9.40. The fourth-order valence-corrected chi connectivity index (χ4v) is 2.54. The molecular formula is C22H27N3O2. The molecule has 0 fully saturated rings. The molecule has 5 nitrogen and oxygen atoms in total. The maximum atomic E-state index is 12.0. The second-order valence-electron chi connectivity index (χ2n) is 6.33. The molecule has 27 heavy (non-hydrogen) atoms. The summed E-state index contributed by atoms with van der Waals surface area (Å²) >= 11 is 0. The summed E-state index contributed by atoms with van der Waals surface area (Å²) in [4.78, 5) is 23.9. The first kappa shape index (κ1) is 20.4. The third kappa shape index (κ3) is 7.86. The number of amides is 2. The molecule has 0 aliphatic carbocycles. The van der Waals surface area contributed by atoms with Crippen LogP contribution >= 0.6 is 0 Å². The molecule has 0 aliphatic rings. The minimum Gasteiger partial charge on any atom is -0.352 e. The standard InChI is InChI=1S/C22H27N3O2/c1-2-3-14-20(19-12-8-5-9-13-19)24-25-22(27)16-15-21(26)23-17-18-10-6-4-7-11-18/h4-13H,2-3,14-17H2,1H3,(H,23,26)(H,25,27). The molecule has 0 aromatic heterocycles. The normalized spacial score (nSPS) is 11.1. The number of hydrazone groups is 1. The van der Waals surface area contributed by atoms with Crippen LogP contribution < -0.4 is 10.7 Å². The molecule has 2 aromatic rings. The number of hydrogen-bond donors (Lipinski definition) is 2. The molecule has 0 aliphatic heterocycles. The summed E-state index contributed by atoms with van der Waals surface area (Å²) in [5, 5.41) is 7.11. The van der Waals surface area contributed by atoms with Gasteiger partial charge in [-0.3, -0.25) is 9.59 Å². The van der Waals surface area contributed by atoms with E-state index < -0.39 is 0 Å². The van der Waals surface area contributed by atoms with Crippen molar-refractivity contribution in [2.45, 2.75) is 45.6 Å². The van der Waals surface area contributed by atoms with Crippen LogP contribution in [0.1, 0.15) is 50.2 Å². The third-order valence-electron chi connectivity index (χ3n) is 4.10. The summed E-state index contributed by atoms with van der Waals surface area (Å²) in [6.45, 7) is 2.59. The predicted octanol–water partition coefficient (Wildman–Crippen LogP) is 3.79. The summed E-state index contributed by atoms with van der Waals surface area (Å²) in [5.41, 5.74) is 5.49. The molecule has 0 heterocycles. The highest BCUT2D eigenvalue weighted by Crippen LogP contribution is 2.08. The van der Waals surface area contributed by atoms with Gasteiger partial charge in [0.1, 0.15) is 0 Å². The Morgan fingerprint density at radius 1 is 0.852 bits per heavy atom. The lowest BCUT2D eigenvalue weighted by molar-refractivity contribution is -0.126. The molecule has 2 amide bonds. The SMILES string of the molecule is CCCCC(=NNC(=O)CCC(=O)NCc1ccccc1)c1ccccc1. The van der Waals surface area contributed by atoms with Gasteiger partial charge in [0, 0.05) is 19.4 Å². The molecule has 2 rings (SSSR count). The first-order valence-electron chi connectivity index (χ1n) is 9.40. The van der Waals surface area contributed by atoms with Crippen molar-refractivity contribution in [1.29, 1.82) is 0 Å². The van der Waals surface area contributed by atoms with Crippen LogP contribution in [0.25, 0.3) is 0 Å². The Bertz CT molecular complexity index is 743. The van der Waals surface area contributed by atoms with Gasteiger partial charge < -0.3 is 5.32 Å². The summed E-state index contributed by atoms with van der Waals surface area (Å²) in [6, 6.07) is 19.5. The molecule has 0 atom stereocenters. The van der Waals surface area contributed by atoms with Crippen LogP contribution in [0.2, 0.25) is 0 Å². The van der Waals surface area contributed by atoms with Gasteiger partial charge in [-0.05, 0) is 24.0 Å². The molecule has 0 saturated heterocycles. The van der Waals surface area contributed by atoms with Crippen LogP contribution in [0.15, 0.2) is 65.8 Å². The maximum Gasteiger partial charge on any atom is 0.240 e. The molecule has 0 radical (unpaired) electrons. The van der Waals surface area contributed by atoms with Crippen LogP contribution in [-0.2, 0) is 16.1 Å². The molecule has 0 spiro atoms. The summed E-state index contributed by atoms with van der Waals surface area (Å²) in [7, 11) is 0. The van der Waals surface area contributed by atoms with Gasteiger partial charge in [-0.15, -0.1) is 0 Å². The fraction of sp³-hybridized carbons (Fsp3) is 0.318. The lowest BCUT2D eigenvalue weighted by atomic mass is 10.1. The van der Waals surface area contributed by atoms with E-state index in [1.165, 1.54) is 0 Å². The quantitative estimate of drug-likeness (QED) is 0.497. The second-order valence-corrected chi connectivity index (χ2v) is 6.33. The predicted molar refractivity (Wildman–Crippen MR) is 108 cm³/mol. The smallest absolute Gasteiger partial charge is 0.240 e. The Kier molecular flexibility index (Phi) is 8.77. The number of nitrogens with one attached hydrogen (secondary N) is 2. The molecule has 0 saturated carbocycles. The van der Waals surface area contributed by atoms with Gasteiger partial charge in [0.25, 0.3) is 0 Å². The minimum absolute atomic E-state index is 0.111. The van der Waals surface area contributed by atoms with Crippen LogP contribution in [-0.4, -0.2) is 17.5 Å². The summed E-state index contributed by atoms with van der Waals surface area (Å²) < 4.78 is 0. The Labute approximate surface area is 160 Å². The highest BCUT2D eigenvalue weighted by atomic mass is 16.2. The second kappa shape index (κ2) is 11.6. The van der Waals surface area contributed by atoms with Crippen molar-refractivity contribution in [1.82, 2.24) is 10.7 Å². The van der Waals surface area contributed by atoms with Crippen LogP contribution in [0.4, 0.5) is 0 Å². The maximum absolute atomic E-state index is 12.0. The van der Waals surface area contributed by atoms with E-state index in [1.807, 2.05) is 60.7 Å². The largest absolute Gasteiger partial charge is 0.352 e. The third-order valence-corrected chi connectivity index (χ3v) is 4.10. The van der Waals surface area contributed by atoms with Gasteiger partial charge in [0.15, 0.2) is 0 Å². The fourth-order valence-electron chi connectivity index (χ4n) is 2.54. The Morgan fingerprint density at radius 3 is 2.15 bits per heavy atom. The van der Waals surface area contributed by atoms with Gasteiger partial charge in [0.2, 0.25) is 11.8 Å². The van der Waals surface area contributed by atoms with Crippen molar-refractivity contribution in [3.05, 3.63) is 71.8 Å². The van der Waals surface area contributed by atoms with Gasteiger partial charge in [-0.1, -0.05) is 74.0 Å². The van der Waals surface area contributed by atoms with Gasteiger partial charge >= 0.3 is 0 Å². The lowest BCUT2D eigenvalue weighted by Gasteiger charge is -2.08. The van der Waals surface area contributed by atoms with Crippen molar-refractivity contribution in [3.63, 3.8) is 0 Å². The van der Waals surface area contributed by atoms with Gasteiger partial charge in [0.05, 0.1) is 5.71 Å². The van der Waals surface area contributed by atoms with Crippen molar-refractivity contribution in [2.24, 2.45) is 5.10 Å². The number of carbonyl (C=O) groups excluding carboxylic acids is 2. The zero-order chi connectivity index (χ0) is 19.3. The van der Waals surface area contributed by atoms with Gasteiger partial charge in [-0.25, -0.2) is 5.43 Å². The topological polar surface area (TPSA) is 70.6 Å². The van der Waals surface area contributed by atoms with E-state index in [9.17, 15) is 9.59 Å². The van der Waals surface area contributed by atoms with E-state index in [2.05, 4.69) is 22.8 Å². The van der Waals surface area contributed by atoms with E-state index in [0.29, 0.717) is 6.54 Å². The molecule has 0 unspecified atom stereocenters. The van der Waals surface area contributed by atoms with Crippen molar-refractivity contribution >= 4 is 17.5 Å². The number of unbranched alkanes of at least 4 members (excludes halogenated alkanes) is 1. The molecule has 2 aromatic carbocycles. The number of hydrogen-bond acceptors (Lipinski definition) is 3. The van der Waals surface area contributed by atoms with Crippen LogP contribution in [0, 0.1) is 0 Å². The van der Waals surface area contributed by atoms with Crippen LogP contribution in [0.5, 0.6) is 0 Å². The van der Waals surface area contributed by atoms with E-state index in [4.69, 9.17) is 0 Å². The summed E-state index contributed by atoms with van der Waals surface area (Å²) in [6.07, 6.45) is 3.12. The van der Waals surface area contributed by atoms with E-state index in [-0.39, 0.29) is 24.7 Å². The molecular weight excluding hydrogens is 338 g/mol. The Morgan fingerprint density at radius 2 is 1.48 bits per heavy atom. The minimum atomic E-state index is -0.255. The molecule has 142 valence electrons. The average Bonchev–Trinajstić information content (AvgIpc) is 2.72. The molecule has 2 N–H and O–H groups in total.